The molecule has 1 amide bonds. The molecule has 0 aliphatic carbocycles. The maximum Gasteiger partial charge on any atom is 0.230 e. The number of rotatable bonds is 6. The van der Waals surface area contributed by atoms with Crippen molar-refractivity contribution >= 4 is 11.6 Å². The molecule has 0 saturated carbocycles. The van der Waals surface area contributed by atoms with Gasteiger partial charge in [-0.25, -0.2) is 0 Å². The first-order valence-corrected chi connectivity index (χ1v) is 7.78. The molecule has 6 heteroatoms. The predicted octanol–water partition coefficient (Wildman–Crippen LogP) is -1.55. The van der Waals surface area contributed by atoms with Gasteiger partial charge in [0.25, 0.3) is 0 Å². The summed E-state index contributed by atoms with van der Waals surface area (Å²) in [4.78, 5) is 15.2. The fraction of sp³-hybridized carbons (Fsp3) is 0.562. The van der Waals surface area contributed by atoms with E-state index in [4.69, 9.17) is 9.47 Å². The van der Waals surface area contributed by atoms with Crippen LogP contribution in [0.1, 0.15) is 6.42 Å². The van der Waals surface area contributed by atoms with Gasteiger partial charge in [-0.05, 0) is 0 Å². The smallest absolute Gasteiger partial charge is 0.230 e. The van der Waals surface area contributed by atoms with Crippen LogP contribution in [0.4, 0.5) is 5.69 Å². The number of carbonyl (C=O) groups excluding carboxylic acids is 1. The van der Waals surface area contributed by atoms with Gasteiger partial charge in [0.05, 0.1) is 34.2 Å². The zero-order chi connectivity index (χ0) is 15.9. The molecular weight excluding hydrogens is 282 g/mol. The number of piperazine rings is 1. The summed E-state index contributed by atoms with van der Waals surface area (Å²) in [5, 5.41) is 2.92. The Morgan fingerprint density at radius 2 is 1.68 bits per heavy atom. The Balaban J connectivity index is 1.84. The lowest BCUT2D eigenvalue weighted by Crippen LogP contribution is -3.27. The third kappa shape index (κ3) is 4.89. The minimum absolute atomic E-state index is 0.0362. The average molecular weight is 309 g/mol. The van der Waals surface area contributed by atoms with Crippen LogP contribution in [0, 0.1) is 0 Å². The standard InChI is InChI=1S/C16H25N3O3/c1-18-6-8-19(9-7-18)5-4-16(20)17-13-10-14(21-2)12-15(11-13)22-3/h10-12H,4-9H2,1-3H3,(H,17,20)/p+2. The maximum absolute atomic E-state index is 12.1. The van der Waals surface area contributed by atoms with Crippen molar-refractivity contribution < 1.29 is 24.1 Å². The molecule has 0 aromatic heterocycles. The van der Waals surface area contributed by atoms with Crippen LogP contribution in [0.3, 0.4) is 0 Å². The first-order chi connectivity index (χ1) is 10.6. The number of carbonyl (C=O) groups is 1. The summed E-state index contributed by atoms with van der Waals surface area (Å²) < 4.78 is 10.4. The molecule has 22 heavy (non-hydrogen) atoms. The number of methoxy groups -OCH3 is 2. The number of likely N-dealkylation sites (N-methyl/N-ethyl adjacent to an activating group) is 1. The van der Waals surface area contributed by atoms with Gasteiger partial charge in [0, 0.05) is 23.9 Å². The van der Waals surface area contributed by atoms with Gasteiger partial charge in [-0.15, -0.1) is 0 Å². The normalized spacial score (nSPS) is 21.2. The summed E-state index contributed by atoms with van der Waals surface area (Å²) in [6.45, 7) is 5.55. The zero-order valence-corrected chi connectivity index (χ0v) is 13.7. The van der Waals surface area contributed by atoms with Gasteiger partial charge in [-0.1, -0.05) is 0 Å². The van der Waals surface area contributed by atoms with Crippen LogP contribution in [0.15, 0.2) is 18.2 Å². The van der Waals surface area contributed by atoms with Gasteiger partial charge in [0.15, 0.2) is 0 Å². The number of hydrogen-bond donors (Lipinski definition) is 3. The van der Waals surface area contributed by atoms with E-state index in [1.54, 1.807) is 37.3 Å². The van der Waals surface area contributed by atoms with Gasteiger partial charge >= 0.3 is 0 Å². The second-order valence-electron chi connectivity index (χ2n) is 5.86. The summed E-state index contributed by atoms with van der Waals surface area (Å²) in [7, 11) is 5.41. The molecule has 1 heterocycles. The highest BCUT2D eigenvalue weighted by atomic mass is 16.5. The van der Waals surface area contributed by atoms with E-state index in [0.717, 1.165) is 19.6 Å². The van der Waals surface area contributed by atoms with Crippen molar-refractivity contribution in [2.24, 2.45) is 0 Å². The lowest BCUT2D eigenvalue weighted by Gasteiger charge is -2.27. The molecule has 1 aliphatic heterocycles. The van der Waals surface area contributed by atoms with Crippen LogP contribution in [-0.2, 0) is 4.79 Å². The van der Waals surface area contributed by atoms with E-state index in [1.807, 2.05) is 0 Å². The number of quaternary nitrogens is 2. The number of ether oxygens (including phenoxy) is 2. The van der Waals surface area contributed by atoms with Crippen molar-refractivity contribution in [1.82, 2.24) is 0 Å². The van der Waals surface area contributed by atoms with Crippen LogP contribution in [0.5, 0.6) is 11.5 Å². The minimum atomic E-state index is 0.0362. The van der Waals surface area contributed by atoms with Crippen LogP contribution in [-0.4, -0.2) is 59.9 Å². The monoisotopic (exact) mass is 309 g/mol. The molecule has 0 spiro atoms. The molecule has 2 rings (SSSR count). The van der Waals surface area contributed by atoms with E-state index >= 15 is 0 Å². The zero-order valence-electron chi connectivity index (χ0n) is 13.7. The Morgan fingerprint density at radius 1 is 1.09 bits per heavy atom. The predicted molar refractivity (Wildman–Crippen MR) is 85.0 cm³/mol. The molecule has 1 saturated heterocycles. The number of amides is 1. The van der Waals surface area contributed by atoms with Crippen LogP contribution >= 0.6 is 0 Å². The van der Waals surface area contributed by atoms with Crippen LogP contribution in [0.25, 0.3) is 0 Å². The summed E-state index contributed by atoms with van der Waals surface area (Å²) in [5.74, 6) is 1.37. The van der Waals surface area contributed by atoms with Crippen molar-refractivity contribution in [3.05, 3.63) is 18.2 Å². The maximum atomic E-state index is 12.1. The van der Waals surface area contributed by atoms with E-state index in [2.05, 4.69) is 12.4 Å². The largest absolute Gasteiger partial charge is 0.497 e. The molecule has 0 radical (unpaired) electrons. The second-order valence-corrected chi connectivity index (χ2v) is 5.86. The number of anilines is 1. The topological polar surface area (TPSA) is 56.4 Å². The van der Waals surface area contributed by atoms with Gasteiger partial charge < -0.3 is 24.6 Å². The van der Waals surface area contributed by atoms with E-state index in [-0.39, 0.29) is 5.91 Å². The summed E-state index contributed by atoms with van der Waals surface area (Å²) >= 11 is 0. The fourth-order valence-electron chi connectivity index (χ4n) is 2.67. The lowest BCUT2D eigenvalue weighted by atomic mass is 10.2. The molecule has 0 bridgehead atoms. The third-order valence-electron chi connectivity index (χ3n) is 4.15. The highest BCUT2D eigenvalue weighted by Crippen LogP contribution is 2.25. The molecule has 122 valence electrons. The highest BCUT2D eigenvalue weighted by molar-refractivity contribution is 5.91. The summed E-state index contributed by atoms with van der Waals surface area (Å²) in [5.41, 5.74) is 0.707. The second kappa shape index (κ2) is 8.00. The number of benzene rings is 1. The quantitative estimate of drug-likeness (QED) is 0.596. The van der Waals surface area contributed by atoms with Gasteiger partial charge in [-0.3, -0.25) is 4.79 Å². The number of hydrogen-bond acceptors (Lipinski definition) is 3. The van der Waals surface area contributed by atoms with Crippen molar-refractivity contribution in [3.63, 3.8) is 0 Å². The minimum Gasteiger partial charge on any atom is -0.497 e. The molecule has 3 N–H and O–H groups in total. The number of nitrogens with one attached hydrogen (secondary N) is 3. The van der Waals surface area contributed by atoms with Gasteiger partial charge in [0.2, 0.25) is 5.91 Å². The van der Waals surface area contributed by atoms with E-state index in [0.29, 0.717) is 23.6 Å². The Kier molecular flexibility index (Phi) is 6.03. The summed E-state index contributed by atoms with van der Waals surface area (Å²) in [6, 6.07) is 5.38. The van der Waals surface area contributed by atoms with E-state index < -0.39 is 0 Å². The molecule has 0 unspecified atom stereocenters. The van der Waals surface area contributed by atoms with E-state index in [1.165, 1.54) is 18.0 Å². The lowest BCUT2D eigenvalue weighted by molar-refractivity contribution is -1.00. The average Bonchev–Trinajstić information content (AvgIpc) is 2.54. The third-order valence-corrected chi connectivity index (χ3v) is 4.15. The van der Waals surface area contributed by atoms with Crippen LogP contribution in [0.2, 0.25) is 0 Å². The fourth-order valence-corrected chi connectivity index (χ4v) is 2.67. The van der Waals surface area contributed by atoms with Crippen molar-refractivity contribution in [1.29, 1.82) is 0 Å². The van der Waals surface area contributed by atoms with E-state index in [9.17, 15) is 4.79 Å². The first-order valence-electron chi connectivity index (χ1n) is 7.78. The van der Waals surface area contributed by atoms with Gasteiger partial charge in [0.1, 0.15) is 37.7 Å². The molecule has 1 aromatic rings. The Bertz CT molecular complexity index is 477. The molecule has 1 aromatic carbocycles. The SMILES string of the molecule is COc1cc(NC(=O)CC[NH+]2CC[NH+](C)CC2)cc(OC)c1. The molecule has 6 nitrogen and oxygen atoms in total. The molecule has 1 fully saturated rings. The Hall–Kier alpha value is -1.79. The van der Waals surface area contributed by atoms with Crippen molar-refractivity contribution in [2.45, 2.75) is 6.42 Å². The van der Waals surface area contributed by atoms with Gasteiger partial charge in [-0.2, -0.15) is 0 Å². The van der Waals surface area contributed by atoms with Crippen LogP contribution < -0.4 is 24.6 Å². The van der Waals surface area contributed by atoms with Crippen molar-refractivity contribution in [3.8, 4) is 11.5 Å². The molecule has 0 atom stereocenters. The van der Waals surface area contributed by atoms with Crippen molar-refractivity contribution in [2.75, 3.05) is 59.3 Å². The molecular formula is C16H27N3O3+2. The Morgan fingerprint density at radius 3 is 2.23 bits per heavy atom. The summed E-state index contributed by atoms with van der Waals surface area (Å²) in [6.07, 6.45) is 0.536. The highest BCUT2D eigenvalue weighted by Gasteiger charge is 2.20. The Labute approximate surface area is 132 Å². The first kappa shape index (κ1) is 16.6. The molecule has 1 aliphatic rings.